The third-order valence-corrected chi connectivity index (χ3v) is 4.75. The van der Waals surface area contributed by atoms with Crippen molar-refractivity contribution in [2.45, 2.75) is 24.7 Å². The predicted molar refractivity (Wildman–Crippen MR) is 86.7 cm³/mol. The Kier molecular flexibility index (Phi) is 5.57. The lowest BCUT2D eigenvalue weighted by molar-refractivity contribution is -0.137. The first-order valence-electron chi connectivity index (χ1n) is 7.09. The molecular formula is C16H16FNO5S. The normalized spacial score (nSPS) is 19.2. The highest BCUT2D eigenvalue weighted by Crippen LogP contribution is 2.26. The van der Waals surface area contributed by atoms with Crippen molar-refractivity contribution in [1.82, 2.24) is 0 Å². The average Bonchev–Trinajstić information content (AvgIpc) is 2.87. The molecule has 1 aromatic carbocycles. The minimum absolute atomic E-state index is 0.0669. The van der Waals surface area contributed by atoms with Crippen LogP contribution in [0.15, 0.2) is 18.2 Å². The zero-order valence-electron chi connectivity index (χ0n) is 13.1. The number of benzene rings is 1. The Morgan fingerprint density at radius 3 is 2.83 bits per heavy atom. The molecule has 24 heavy (non-hydrogen) atoms. The van der Waals surface area contributed by atoms with Crippen LogP contribution in [0.2, 0.25) is 0 Å². The topological polar surface area (TPSA) is 83.9 Å². The molecule has 0 aliphatic carbocycles. The molecule has 0 aromatic heterocycles. The number of carbonyl (C=O) groups excluding carboxylic acids is 1. The van der Waals surface area contributed by atoms with Gasteiger partial charge in [-0.2, -0.15) is 0 Å². The van der Waals surface area contributed by atoms with E-state index in [1.807, 2.05) is 0 Å². The quantitative estimate of drug-likeness (QED) is 0.815. The van der Waals surface area contributed by atoms with Gasteiger partial charge in [-0.3, -0.25) is 13.9 Å². The Hall–Kier alpha value is -2.40. The molecule has 0 spiro atoms. The second-order valence-electron chi connectivity index (χ2n) is 5.22. The van der Waals surface area contributed by atoms with Crippen LogP contribution in [0, 0.1) is 17.7 Å². The van der Waals surface area contributed by atoms with E-state index in [1.54, 1.807) is 13.0 Å². The summed E-state index contributed by atoms with van der Waals surface area (Å²) in [6.45, 7) is 1.66. The summed E-state index contributed by atoms with van der Waals surface area (Å²) in [5, 5.41) is 7.94. The highest BCUT2D eigenvalue weighted by molar-refractivity contribution is 7.85. The molecule has 0 bridgehead atoms. The summed E-state index contributed by atoms with van der Waals surface area (Å²) in [6, 6.07) is 4.18. The molecule has 3 atom stereocenters. The van der Waals surface area contributed by atoms with Crippen LogP contribution in [-0.4, -0.2) is 45.5 Å². The fraction of sp³-hybridized carbons (Fsp3) is 0.375. The van der Waals surface area contributed by atoms with E-state index in [9.17, 15) is 18.2 Å². The van der Waals surface area contributed by atoms with Gasteiger partial charge in [-0.15, -0.1) is 5.92 Å². The molecule has 1 heterocycles. The molecule has 3 unspecified atom stereocenters. The van der Waals surface area contributed by atoms with Crippen molar-refractivity contribution >= 4 is 28.5 Å². The smallest absolute Gasteiger partial charge is 0.414 e. The number of carboxylic acids is 1. The Balaban J connectivity index is 2.15. The maximum Gasteiger partial charge on any atom is 0.414 e. The largest absolute Gasteiger partial charge is 0.480 e. The molecule has 8 heteroatoms. The first-order valence-corrected chi connectivity index (χ1v) is 8.71. The highest BCUT2D eigenvalue weighted by Gasteiger charge is 2.36. The SMILES string of the molecule is CC#Cc1ccc(N2CC(CC(C(=O)O)S(C)=O)OC2=O)cc1F. The van der Waals surface area contributed by atoms with Crippen LogP contribution < -0.4 is 4.90 Å². The van der Waals surface area contributed by atoms with Gasteiger partial charge in [0.05, 0.1) is 17.8 Å². The number of cyclic esters (lactones) is 1. The van der Waals surface area contributed by atoms with Gasteiger partial charge in [0.2, 0.25) is 0 Å². The molecule has 1 aliphatic heterocycles. The van der Waals surface area contributed by atoms with Gasteiger partial charge in [-0.05, 0) is 25.1 Å². The van der Waals surface area contributed by atoms with Crippen LogP contribution >= 0.6 is 0 Å². The number of rotatable bonds is 5. The molecule has 0 radical (unpaired) electrons. The van der Waals surface area contributed by atoms with E-state index < -0.39 is 40.0 Å². The molecule has 6 nitrogen and oxygen atoms in total. The zero-order chi connectivity index (χ0) is 17.9. The lowest BCUT2D eigenvalue weighted by atomic mass is 10.1. The van der Waals surface area contributed by atoms with Crippen LogP contribution in [-0.2, 0) is 20.3 Å². The zero-order valence-corrected chi connectivity index (χ0v) is 13.9. The summed E-state index contributed by atoms with van der Waals surface area (Å²) in [7, 11) is -1.59. The molecule has 0 saturated carbocycles. The van der Waals surface area contributed by atoms with Crippen LogP contribution in [0.3, 0.4) is 0 Å². The van der Waals surface area contributed by atoms with Gasteiger partial charge in [0.1, 0.15) is 17.2 Å². The third-order valence-electron chi connectivity index (χ3n) is 3.55. The number of carbonyl (C=O) groups is 2. The number of halogens is 1. The monoisotopic (exact) mass is 353 g/mol. The lowest BCUT2D eigenvalue weighted by Gasteiger charge is -2.15. The van der Waals surface area contributed by atoms with Crippen LogP contribution in [0.1, 0.15) is 18.9 Å². The molecule has 2 rings (SSSR count). The van der Waals surface area contributed by atoms with Gasteiger partial charge in [-0.25, -0.2) is 9.18 Å². The summed E-state index contributed by atoms with van der Waals surface area (Å²) in [5.41, 5.74) is 0.517. The van der Waals surface area contributed by atoms with Crippen molar-refractivity contribution in [2.75, 3.05) is 17.7 Å². The third kappa shape index (κ3) is 3.92. The van der Waals surface area contributed by atoms with Crippen molar-refractivity contribution in [3.05, 3.63) is 29.6 Å². The molecule has 1 N–H and O–H groups in total. The number of hydrogen-bond acceptors (Lipinski definition) is 4. The van der Waals surface area contributed by atoms with Crippen LogP contribution in [0.5, 0.6) is 0 Å². The van der Waals surface area contributed by atoms with Gasteiger partial charge in [0.25, 0.3) is 0 Å². The van der Waals surface area contributed by atoms with Crippen molar-refractivity contribution in [2.24, 2.45) is 0 Å². The minimum Gasteiger partial charge on any atom is -0.480 e. The summed E-state index contributed by atoms with van der Waals surface area (Å²) in [5.74, 6) is 3.43. The van der Waals surface area contributed by atoms with E-state index in [2.05, 4.69) is 11.8 Å². The number of hydrogen-bond donors (Lipinski definition) is 1. The summed E-state index contributed by atoms with van der Waals surface area (Å²) in [6.07, 6.45) is -0.195. The lowest BCUT2D eigenvalue weighted by Crippen LogP contribution is -2.31. The molecule has 1 fully saturated rings. The molecule has 1 saturated heterocycles. The van der Waals surface area contributed by atoms with Crippen LogP contribution in [0.25, 0.3) is 0 Å². The summed E-state index contributed by atoms with van der Waals surface area (Å²) < 4.78 is 30.5. The fourth-order valence-corrected chi connectivity index (χ4v) is 3.15. The molecule has 1 aliphatic rings. The number of amides is 1. The maximum atomic E-state index is 13.9. The first kappa shape index (κ1) is 17.9. The van der Waals surface area contributed by atoms with Crippen molar-refractivity contribution in [3.63, 3.8) is 0 Å². The second-order valence-corrected chi connectivity index (χ2v) is 6.78. The molecule has 1 aromatic rings. The Morgan fingerprint density at radius 1 is 1.58 bits per heavy atom. The number of aliphatic carboxylic acids is 1. The molecular weight excluding hydrogens is 337 g/mol. The van der Waals surface area contributed by atoms with Gasteiger partial charge >= 0.3 is 12.1 Å². The van der Waals surface area contributed by atoms with E-state index in [0.29, 0.717) is 5.69 Å². The van der Waals surface area contributed by atoms with Gasteiger partial charge in [0, 0.05) is 23.5 Å². The van der Waals surface area contributed by atoms with E-state index in [4.69, 9.17) is 9.84 Å². The molecule has 128 valence electrons. The Morgan fingerprint density at radius 2 is 2.29 bits per heavy atom. The van der Waals surface area contributed by atoms with Crippen molar-refractivity contribution < 1.29 is 28.0 Å². The number of anilines is 1. The first-order chi connectivity index (χ1) is 11.3. The predicted octanol–water partition coefficient (Wildman–Crippen LogP) is 1.74. The van der Waals surface area contributed by atoms with Gasteiger partial charge < -0.3 is 9.84 Å². The van der Waals surface area contributed by atoms with Gasteiger partial charge in [0.15, 0.2) is 0 Å². The maximum absolute atomic E-state index is 13.9. The van der Waals surface area contributed by atoms with Crippen molar-refractivity contribution in [1.29, 1.82) is 0 Å². The van der Waals surface area contributed by atoms with Crippen molar-refractivity contribution in [3.8, 4) is 11.8 Å². The number of carboxylic acid groups (broad SMARTS) is 1. The standard InChI is InChI=1S/C16H16FNO5S/c1-3-4-10-5-6-11(7-13(10)17)18-9-12(23-16(18)21)8-14(15(19)20)24(2)22/h5-7,12,14H,8-9H2,1-2H3,(H,19,20). The number of ether oxygens (including phenoxy) is 1. The van der Waals surface area contributed by atoms with E-state index in [0.717, 1.165) is 0 Å². The number of nitrogens with zero attached hydrogens (tertiary/aromatic N) is 1. The average molecular weight is 353 g/mol. The Bertz CT molecular complexity index is 741. The van der Waals surface area contributed by atoms with Gasteiger partial charge in [-0.1, -0.05) is 5.92 Å². The van der Waals surface area contributed by atoms with E-state index in [-0.39, 0.29) is 18.5 Å². The summed E-state index contributed by atoms with van der Waals surface area (Å²) in [4.78, 5) is 24.3. The fourth-order valence-electron chi connectivity index (χ4n) is 2.38. The van der Waals surface area contributed by atoms with E-state index >= 15 is 0 Å². The summed E-state index contributed by atoms with van der Waals surface area (Å²) >= 11 is 0. The minimum atomic E-state index is -1.59. The molecule has 1 amide bonds. The van der Waals surface area contributed by atoms with Crippen LogP contribution in [0.4, 0.5) is 14.9 Å². The van der Waals surface area contributed by atoms with E-state index in [1.165, 1.54) is 23.3 Å². The second kappa shape index (κ2) is 7.45. The Labute approximate surface area is 141 Å². The highest BCUT2D eigenvalue weighted by atomic mass is 32.2.